The van der Waals surface area contributed by atoms with Gasteiger partial charge in [-0.15, -0.1) is 0 Å². The minimum absolute atomic E-state index is 0.0725. The molecule has 2 aromatic carbocycles. The molecular weight excluding hydrogens is 412 g/mol. The maximum absolute atomic E-state index is 12.6. The van der Waals surface area contributed by atoms with E-state index in [0.29, 0.717) is 0 Å². The van der Waals surface area contributed by atoms with Crippen LogP contribution in [0.5, 0.6) is 0 Å². The molecule has 0 heterocycles. The summed E-state index contributed by atoms with van der Waals surface area (Å²) in [6.07, 6.45) is 0.764. The van der Waals surface area contributed by atoms with E-state index in [2.05, 4.69) is 17.6 Å². The van der Waals surface area contributed by atoms with Gasteiger partial charge in [-0.05, 0) is 90.3 Å². The van der Waals surface area contributed by atoms with Gasteiger partial charge >= 0.3 is 12.1 Å². The number of amides is 4. The molecule has 0 spiro atoms. The minimum Gasteiger partial charge on any atom is -0.320 e. The van der Waals surface area contributed by atoms with Crippen molar-refractivity contribution in [2.45, 2.75) is 79.1 Å². The molecule has 178 valence electrons. The number of carbonyl (C=O) groups excluding carboxylic acids is 2. The summed E-state index contributed by atoms with van der Waals surface area (Å²) in [6, 6.07) is 15.8. The van der Waals surface area contributed by atoms with Crippen molar-refractivity contribution < 1.29 is 9.59 Å². The highest BCUT2D eigenvalue weighted by atomic mass is 16.2. The Kier molecular flexibility index (Phi) is 9.21. The van der Waals surface area contributed by atoms with Crippen LogP contribution in [0, 0.1) is 6.92 Å². The van der Waals surface area contributed by atoms with Gasteiger partial charge in [0.2, 0.25) is 0 Å². The average Bonchev–Trinajstić information content (AvgIpc) is 2.69. The number of benzene rings is 2. The van der Waals surface area contributed by atoms with E-state index < -0.39 is 0 Å². The topological polar surface area (TPSA) is 64.7 Å². The predicted octanol–water partition coefficient (Wildman–Crippen LogP) is 6.39. The van der Waals surface area contributed by atoms with Crippen molar-refractivity contribution in [3.8, 4) is 0 Å². The van der Waals surface area contributed by atoms with Gasteiger partial charge in [-0.2, -0.15) is 0 Å². The molecule has 0 aromatic heterocycles. The molecule has 0 aliphatic carbocycles. The Labute approximate surface area is 199 Å². The normalized spacial score (nSPS) is 12.1. The third-order valence-electron chi connectivity index (χ3n) is 5.43. The summed E-state index contributed by atoms with van der Waals surface area (Å²) in [6.45, 7) is 17.9. The second-order valence-electron chi connectivity index (χ2n) is 9.38. The van der Waals surface area contributed by atoms with E-state index in [1.165, 1.54) is 0 Å². The largest absolute Gasteiger partial charge is 0.325 e. The number of rotatable bonds is 8. The zero-order valence-corrected chi connectivity index (χ0v) is 21.1. The molecule has 4 amide bonds. The van der Waals surface area contributed by atoms with Crippen LogP contribution in [0.15, 0.2) is 48.5 Å². The molecule has 0 radical (unpaired) electrons. The molecule has 1 unspecified atom stereocenters. The van der Waals surface area contributed by atoms with Crippen molar-refractivity contribution in [3.63, 3.8) is 0 Å². The number of nitrogens with zero attached hydrogens (tertiary/aromatic N) is 2. The molecule has 0 saturated carbocycles. The zero-order valence-electron chi connectivity index (χ0n) is 21.1. The lowest BCUT2D eigenvalue weighted by Crippen LogP contribution is -2.44. The van der Waals surface area contributed by atoms with E-state index >= 15 is 0 Å². The number of carbonyl (C=O) groups is 2. The van der Waals surface area contributed by atoms with Gasteiger partial charge in [-0.25, -0.2) is 9.59 Å². The van der Waals surface area contributed by atoms with Crippen molar-refractivity contribution in [2.24, 2.45) is 0 Å². The number of urea groups is 2. The van der Waals surface area contributed by atoms with Crippen molar-refractivity contribution in [3.05, 3.63) is 66.6 Å². The van der Waals surface area contributed by atoms with Crippen LogP contribution in [0.3, 0.4) is 0 Å². The number of nitrogens with one attached hydrogen (secondary N) is 2. The van der Waals surface area contributed by atoms with Crippen LogP contribution in [0.4, 0.5) is 21.0 Å². The van der Waals surface area contributed by atoms with E-state index in [9.17, 15) is 9.59 Å². The van der Waals surface area contributed by atoms with Gasteiger partial charge in [-0.1, -0.05) is 24.3 Å². The fraction of sp³-hybridized carbons (Fsp3) is 0.444. The molecule has 2 rings (SSSR count). The van der Waals surface area contributed by atoms with Gasteiger partial charge in [-0.3, -0.25) is 4.90 Å². The lowest BCUT2D eigenvalue weighted by Gasteiger charge is -2.30. The summed E-state index contributed by atoms with van der Waals surface area (Å²) in [5.41, 5.74) is 3.82. The standard InChI is InChI=1S/C27H38N4O2/c1-18(2)30(19(3)4)26(32)28-24-13-9-22(10-14-24)17-23-11-15-25(16-12-23)29-27(33)31(20(5)6)21(7)8/h9-16,18-21H,1,17H2,2-8H3,(H-,28,29,32,33)/p+1. The van der Waals surface area contributed by atoms with Gasteiger partial charge < -0.3 is 15.5 Å². The molecule has 0 aliphatic heterocycles. The van der Waals surface area contributed by atoms with E-state index in [4.69, 9.17) is 0 Å². The molecule has 0 fully saturated rings. The first-order valence-corrected chi connectivity index (χ1v) is 11.7. The third-order valence-corrected chi connectivity index (χ3v) is 5.43. The van der Waals surface area contributed by atoms with Crippen LogP contribution in [0.25, 0.3) is 0 Å². The van der Waals surface area contributed by atoms with Crippen LogP contribution in [-0.4, -0.2) is 46.0 Å². The molecule has 0 saturated heterocycles. The summed E-state index contributed by atoms with van der Waals surface area (Å²) in [7, 11) is 0. The Morgan fingerprint density at radius 2 is 1.00 bits per heavy atom. The van der Waals surface area contributed by atoms with E-state index in [0.717, 1.165) is 28.9 Å². The summed E-state index contributed by atoms with van der Waals surface area (Å²) in [4.78, 5) is 28.7. The SMILES string of the molecule is [CH2+]C(C)N(C(=O)Nc1ccc(Cc2ccc(NC(=O)N(C(C)C)C(C)C)cc2)cc1)C(C)C. The third kappa shape index (κ3) is 7.45. The first-order chi connectivity index (χ1) is 15.5. The molecule has 33 heavy (non-hydrogen) atoms. The fourth-order valence-corrected chi connectivity index (χ4v) is 4.03. The highest BCUT2D eigenvalue weighted by molar-refractivity contribution is 5.90. The highest BCUT2D eigenvalue weighted by Gasteiger charge is 2.24. The second-order valence-corrected chi connectivity index (χ2v) is 9.38. The van der Waals surface area contributed by atoms with Gasteiger partial charge in [0.15, 0.2) is 6.04 Å². The minimum atomic E-state index is -0.147. The summed E-state index contributed by atoms with van der Waals surface area (Å²) < 4.78 is 0. The van der Waals surface area contributed by atoms with Gasteiger partial charge in [0.1, 0.15) is 0 Å². The van der Waals surface area contributed by atoms with Gasteiger partial charge in [0.05, 0.1) is 6.92 Å². The average molecular weight is 452 g/mol. The Bertz CT molecular complexity index is 811. The van der Waals surface area contributed by atoms with Crippen LogP contribution in [0.2, 0.25) is 0 Å². The van der Waals surface area contributed by atoms with Crippen molar-refractivity contribution >= 4 is 23.4 Å². The quantitative estimate of drug-likeness (QED) is 0.457. The van der Waals surface area contributed by atoms with Crippen molar-refractivity contribution in [2.75, 3.05) is 10.6 Å². The first-order valence-electron chi connectivity index (χ1n) is 11.7. The maximum Gasteiger partial charge on any atom is 0.325 e. The smallest absolute Gasteiger partial charge is 0.320 e. The van der Waals surface area contributed by atoms with Crippen LogP contribution < -0.4 is 10.6 Å². The van der Waals surface area contributed by atoms with E-state index in [1.807, 2.05) is 102 Å². The van der Waals surface area contributed by atoms with Gasteiger partial charge in [0.25, 0.3) is 0 Å². The molecule has 1 atom stereocenters. The fourth-order valence-electron chi connectivity index (χ4n) is 4.03. The van der Waals surface area contributed by atoms with E-state index in [-0.39, 0.29) is 36.2 Å². The molecule has 2 N–H and O–H groups in total. The second kappa shape index (κ2) is 11.6. The zero-order chi connectivity index (χ0) is 24.7. The van der Waals surface area contributed by atoms with E-state index in [1.54, 1.807) is 4.90 Å². The number of hydrogen-bond donors (Lipinski definition) is 2. The Hall–Kier alpha value is -3.15. The molecular formula is C27H39N4O2+. The molecule has 6 heteroatoms. The maximum atomic E-state index is 12.6. The molecule has 0 bridgehead atoms. The van der Waals surface area contributed by atoms with Crippen molar-refractivity contribution in [1.82, 2.24) is 9.80 Å². The van der Waals surface area contributed by atoms with Crippen LogP contribution in [-0.2, 0) is 6.42 Å². The first kappa shape index (κ1) is 26.1. The molecule has 6 nitrogen and oxygen atoms in total. The summed E-state index contributed by atoms with van der Waals surface area (Å²) in [5, 5.41) is 5.93. The van der Waals surface area contributed by atoms with Crippen LogP contribution in [0.1, 0.15) is 59.6 Å². The summed E-state index contributed by atoms with van der Waals surface area (Å²) in [5.74, 6) is 0. The molecule has 2 aromatic rings. The monoisotopic (exact) mass is 451 g/mol. The van der Waals surface area contributed by atoms with Crippen molar-refractivity contribution in [1.29, 1.82) is 0 Å². The summed E-state index contributed by atoms with van der Waals surface area (Å²) >= 11 is 0. The number of hydrogen-bond acceptors (Lipinski definition) is 2. The predicted molar refractivity (Wildman–Crippen MR) is 138 cm³/mol. The number of anilines is 2. The lowest BCUT2D eigenvalue weighted by molar-refractivity contribution is 0.178. The Morgan fingerprint density at radius 3 is 1.30 bits per heavy atom. The Balaban J connectivity index is 1.97. The molecule has 0 aliphatic rings. The van der Waals surface area contributed by atoms with Crippen LogP contribution >= 0.6 is 0 Å². The Morgan fingerprint density at radius 1 is 0.667 bits per heavy atom. The lowest BCUT2D eigenvalue weighted by atomic mass is 10.0. The van der Waals surface area contributed by atoms with Gasteiger partial charge in [0, 0.05) is 29.5 Å². The highest BCUT2D eigenvalue weighted by Crippen LogP contribution is 2.18.